The van der Waals surface area contributed by atoms with Gasteiger partial charge < -0.3 is 15.8 Å². The van der Waals surface area contributed by atoms with E-state index in [2.05, 4.69) is 10.4 Å². The highest BCUT2D eigenvalue weighted by atomic mass is 16.5. The molecule has 0 spiro atoms. The number of anilines is 2. The van der Waals surface area contributed by atoms with Crippen molar-refractivity contribution in [3.05, 3.63) is 23.9 Å². The molecule has 0 saturated heterocycles. The molecule has 3 rings (SSSR count). The van der Waals surface area contributed by atoms with Gasteiger partial charge in [0, 0.05) is 18.3 Å². The molecule has 6 nitrogen and oxygen atoms in total. The van der Waals surface area contributed by atoms with Gasteiger partial charge >= 0.3 is 0 Å². The maximum atomic E-state index is 11.3. The van der Waals surface area contributed by atoms with Crippen LogP contribution in [0.15, 0.2) is 18.2 Å². The molecule has 1 aliphatic rings. The third-order valence-electron chi connectivity index (χ3n) is 3.26. The Bertz CT molecular complexity index is 676. The fourth-order valence-electron chi connectivity index (χ4n) is 2.23. The average Bonchev–Trinajstić information content (AvgIpc) is 2.62. The lowest BCUT2D eigenvalue weighted by Gasteiger charge is -2.18. The van der Waals surface area contributed by atoms with E-state index < -0.39 is 0 Å². The Kier molecular flexibility index (Phi) is 2.45. The monoisotopic (exact) mass is 258 g/mol. The van der Waals surface area contributed by atoms with Crippen molar-refractivity contribution in [3.8, 4) is 16.9 Å². The lowest BCUT2D eigenvalue weighted by Crippen LogP contribution is -2.25. The summed E-state index contributed by atoms with van der Waals surface area (Å²) in [6.45, 7) is 2.01. The Morgan fingerprint density at radius 3 is 2.95 bits per heavy atom. The molecule has 1 amide bonds. The minimum Gasteiger partial charge on any atom is -0.482 e. The first-order valence-corrected chi connectivity index (χ1v) is 5.92. The number of aromatic nitrogens is 2. The standard InChI is InChI=1S/C13H14N4O2/c1-7-12(13(14)16-17(7)2)8-3-4-10-9(5-8)15-11(18)6-19-10/h3-5H,6H2,1-2H3,(H2,14,16)(H,15,18). The second-order valence-corrected chi connectivity index (χ2v) is 4.52. The summed E-state index contributed by atoms with van der Waals surface area (Å²) in [4.78, 5) is 11.3. The van der Waals surface area contributed by atoms with Crippen LogP contribution in [0.1, 0.15) is 5.69 Å². The van der Waals surface area contributed by atoms with Crippen molar-refractivity contribution < 1.29 is 9.53 Å². The van der Waals surface area contributed by atoms with E-state index >= 15 is 0 Å². The van der Waals surface area contributed by atoms with Gasteiger partial charge in [-0.05, 0) is 24.6 Å². The molecule has 2 aromatic rings. The van der Waals surface area contributed by atoms with E-state index in [9.17, 15) is 4.79 Å². The van der Waals surface area contributed by atoms with Crippen LogP contribution in [0.2, 0.25) is 0 Å². The van der Waals surface area contributed by atoms with Crippen molar-refractivity contribution in [3.63, 3.8) is 0 Å². The van der Waals surface area contributed by atoms with Gasteiger partial charge in [0.05, 0.1) is 5.69 Å². The molecular formula is C13H14N4O2. The minimum atomic E-state index is -0.152. The Balaban J connectivity index is 2.11. The zero-order valence-corrected chi connectivity index (χ0v) is 10.7. The Labute approximate surface area is 110 Å². The van der Waals surface area contributed by atoms with Gasteiger partial charge in [0.1, 0.15) is 5.75 Å². The van der Waals surface area contributed by atoms with Gasteiger partial charge in [-0.2, -0.15) is 5.10 Å². The smallest absolute Gasteiger partial charge is 0.262 e. The predicted octanol–water partition coefficient (Wildman–Crippen LogP) is 1.31. The van der Waals surface area contributed by atoms with Crippen LogP contribution in [-0.4, -0.2) is 22.3 Å². The molecule has 3 N–H and O–H groups in total. The lowest BCUT2D eigenvalue weighted by molar-refractivity contribution is -0.118. The van der Waals surface area contributed by atoms with Gasteiger partial charge in [0.15, 0.2) is 12.4 Å². The summed E-state index contributed by atoms with van der Waals surface area (Å²) in [7, 11) is 1.85. The third kappa shape index (κ3) is 1.81. The lowest BCUT2D eigenvalue weighted by atomic mass is 10.0. The van der Waals surface area contributed by atoms with Crippen LogP contribution in [0, 0.1) is 6.92 Å². The number of nitrogens with zero attached hydrogens (tertiary/aromatic N) is 2. The molecule has 19 heavy (non-hydrogen) atoms. The van der Waals surface area contributed by atoms with Crippen LogP contribution in [0.5, 0.6) is 5.75 Å². The Morgan fingerprint density at radius 1 is 1.47 bits per heavy atom. The van der Waals surface area contributed by atoms with Crippen molar-refractivity contribution in [1.29, 1.82) is 0 Å². The van der Waals surface area contributed by atoms with Crippen LogP contribution in [0.4, 0.5) is 11.5 Å². The number of nitrogens with two attached hydrogens (primary N) is 1. The molecule has 0 bridgehead atoms. The molecule has 1 aromatic heterocycles. The van der Waals surface area contributed by atoms with Crippen molar-refractivity contribution >= 4 is 17.4 Å². The largest absolute Gasteiger partial charge is 0.482 e. The van der Waals surface area contributed by atoms with E-state index in [1.54, 1.807) is 4.68 Å². The maximum Gasteiger partial charge on any atom is 0.262 e. The molecule has 0 saturated carbocycles. The number of aryl methyl sites for hydroxylation is 1. The third-order valence-corrected chi connectivity index (χ3v) is 3.26. The van der Waals surface area contributed by atoms with Crippen LogP contribution in [0.3, 0.4) is 0 Å². The fourth-order valence-corrected chi connectivity index (χ4v) is 2.23. The number of fused-ring (bicyclic) bond motifs is 1. The van der Waals surface area contributed by atoms with Crippen LogP contribution in [0.25, 0.3) is 11.1 Å². The molecular weight excluding hydrogens is 244 g/mol. The van der Waals surface area contributed by atoms with Crippen molar-refractivity contribution in [2.24, 2.45) is 7.05 Å². The van der Waals surface area contributed by atoms with Gasteiger partial charge in [0.25, 0.3) is 5.91 Å². The number of carbonyl (C=O) groups excluding carboxylic acids is 1. The van der Waals surface area contributed by atoms with Crippen molar-refractivity contribution in [1.82, 2.24) is 9.78 Å². The van der Waals surface area contributed by atoms with Crippen LogP contribution >= 0.6 is 0 Å². The van der Waals surface area contributed by atoms with E-state index in [0.29, 0.717) is 17.3 Å². The molecule has 2 heterocycles. The number of hydrogen-bond donors (Lipinski definition) is 2. The van der Waals surface area contributed by atoms with Gasteiger partial charge in [-0.1, -0.05) is 6.07 Å². The summed E-state index contributed by atoms with van der Waals surface area (Å²) < 4.78 is 7.06. The highest BCUT2D eigenvalue weighted by Crippen LogP contribution is 2.35. The Morgan fingerprint density at radius 2 is 2.26 bits per heavy atom. The van der Waals surface area contributed by atoms with Crippen LogP contribution < -0.4 is 15.8 Å². The summed E-state index contributed by atoms with van der Waals surface area (Å²) in [5, 5.41) is 6.97. The molecule has 1 aromatic carbocycles. The van der Waals surface area contributed by atoms with E-state index in [-0.39, 0.29) is 12.5 Å². The zero-order valence-electron chi connectivity index (χ0n) is 10.7. The van der Waals surface area contributed by atoms with Gasteiger partial charge in [-0.15, -0.1) is 0 Å². The Hall–Kier alpha value is -2.50. The summed E-state index contributed by atoms with van der Waals surface area (Å²) in [6, 6.07) is 5.60. The first kappa shape index (κ1) is 11.6. The quantitative estimate of drug-likeness (QED) is 0.808. The SMILES string of the molecule is Cc1c(-c2ccc3c(c2)NC(=O)CO3)c(N)nn1C. The van der Waals surface area contributed by atoms with Gasteiger partial charge in [0.2, 0.25) is 0 Å². The van der Waals surface area contributed by atoms with E-state index in [4.69, 9.17) is 10.5 Å². The first-order valence-electron chi connectivity index (χ1n) is 5.92. The molecule has 6 heteroatoms. The molecule has 0 atom stereocenters. The minimum absolute atomic E-state index is 0.0560. The summed E-state index contributed by atoms with van der Waals surface area (Å²) in [5.41, 5.74) is 9.35. The van der Waals surface area contributed by atoms with Crippen LogP contribution in [-0.2, 0) is 11.8 Å². The number of amides is 1. The molecule has 0 fully saturated rings. The highest BCUT2D eigenvalue weighted by Gasteiger charge is 2.19. The molecule has 0 aliphatic carbocycles. The number of benzene rings is 1. The summed E-state index contributed by atoms with van der Waals surface area (Å²) in [6.07, 6.45) is 0. The molecule has 1 aliphatic heterocycles. The second kappa shape index (κ2) is 4.01. The predicted molar refractivity (Wildman–Crippen MR) is 71.9 cm³/mol. The van der Waals surface area contributed by atoms with Gasteiger partial charge in [-0.3, -0.25) is 9.48 Å². The topological polar surface area (TPSA) is 82.2 Å². The number of nitrogens with one attached hydrogen (secondary N) is 1. The van der Waals surface area contributed by atoms with Crippen molar-refractivity contribution in [2.45, 2.75) is 6.92 Å². The number of ether oxygens (including phenoxy) is 1. The van der Waals surface area contributed by atoms with E-state index in [1.807, 2.05) is 32.2 Å². The highest BCUT2D eigenvalue weighted by molar-refractivity contribution is 5.96. The van der Waals surface area contributed by atoms with Gasteiger partial charge in [-0.25, -0.2) is 0 Å². The normalized spacial score (nSPS) is 13.7. The summed E-state index contributed by atoms with van der Waals surface area (Å²) in [5.74, 6) is 0.993. The average molecular weight is 258 g/mol. The fraction of sp³-hybridized carbons (Fsp3) is 0.231. The van der Waals surface area contributed by atoms with E-state index in [0.717, 1.165) is 16.8 Å². The number of carbonyl (C=O) groups is 1. The molecule has 0 radical (unpaired) electrons. The van der Waals surface area contributed by atoms with Crippen molar-refractivity contribution in [2.75, 3.05) is 17.7 Å². The zero-order chi connectivity index (χ0) is 13.6. The molecule has 98 valence electrons. The second-order valence-electron chi connectivity index (χ2n) is 4.52. The summed E-state index contributed by atoms with van der Waals surface area (Å²) >= 11 is 0. The van der Waals surface area contributed by atoms with E-state index in [1.165, 1.54) is 0 Å². The first-order chi connectivity index (χ1) is 9.06. The number of hydrogen-bond acceptors (Lipinski definition) is 4. The maximum absolute atomic E-state index is 11.3. The number of rotatable bonds is 1. The molecule has 0 unspecified atom stereocenters. The number of nitrogen functional groups attached to an aromatic ring is 1.